The van der Waals surface area contributed by atoms with Crippen molar-refractivity contribution in [1.82, 2.24) is 10.6 Å². The van der Waals surface area contributed by atoms with E-state index in [1.807, 2.05) is 13.8 Å². The summed E-state index contributed by atoms with van der Waals surface area (Å²) in [5.74, 6) is -0.0690. The topological polar surface area (TPSA) is 75.3 Å². The minimum atomic E-state index is -3.40. The van der Waals surface area contributed by atoms with Crippen LogP contribution in [0.5, 0.6) is 0 Å². The molecule has 0 aromatic heterocycles. The van der Waals surface area contributed by atoms with Crippen LogP contribution in [0.1, 0.15) is 58.8 Å². The third kappa shape index (κ3) is 5.60. The third-order valence-corrected chi connectivity index (χ3v) is 8.07. The maximum Gasteiger partial charge on any atom is 0.238 e. The monoisotopic (exact) mass is 380 g/mol. The van der Waals surface area contributed by atoms with Gasteiger partial charge in [-0.05, 0) is 50.6 Å². The number of hydrogen-bond donors (Lipinski definition) is 2. The molecular formula is C17H33ClN2O3S. The van der Waals surface area contributed by atoms with Gasteiger partial charge >= 0.3 is 0 Å². The Balaban J connectivity index is 0.00000288. The summed E-state index contributed by atoms with van der Waals surface area (Å²) in [4.78, 5) is 12.6. The van der Waals surface area contributed by atoms with Crippen molar-refractivity contribution in [3.63, 3.8) is 0 Å². The van der Waals surface area contributed by atoms with E-state index in [-0.39, 0.29) is 29.5 Å². The van der Waals surface area contributed by atoms with Crippen molar-refractivity contribution in [3.05, 3.63) is 0 Å². The Hall–Kier alpha value is -0.330. The lowest BCUT2D eigenvalue weighted by molar-refractivity contribution is -0.121. The van der Waals surface area contributed by atoms with Gasteiger partial charge in [-0.1, -0.05) is 33.1 Å². The van der Waals surface area contributed by atoms with Gasteiger partial charge in [0.25, 0.3) is 0 Å². The van der Waals surface area contributed by atoms with Crippen LogP contribution in [-0.4, -0.2) is 44.5 Å². The lowest BCUT2D eigenvalue weighted by atomic mass is 9.99. The molecule has 2 aliphatic rings. The zero-order chi connectivity index (χ0) is 16.9. The van der Waals surface area contributed by atoms with Gasteiger partial charge in [0.15, 0.2) is 9.84 Å². The lowest BCUT2D eigenvalue weighted by Gasteiger charge is -2.29. The van der Waals surface area contributed by atoms with Gasteiger partial charge in [-0.2, -0.15) is 0 Å². The maximum absolute atomic E-state index is 12.9. The molecule has 0 aromatic rings. The Morgan fingerprint density at radius 1 is 1.12 bits per heavy atom. The number of carbonyl (C=O) groups is 1. The molecule has 1 heterocycles. The van der Waals surface area contributed by atoms with Gasteiger partial charge in [0.05, 0.1) is 5.25 Å². The quantitative estimate of drug-likeness (QED) is 0.741. The first-order valence-corrected chi connectivity index (χ1v) is 10.7. The fourth-order valence-electron chi connectivity index (χ4n) is 3.88. The molecular weight excluding hydrogens is 348 g/mol. The van der Waals surface area contributed by atoms with Crippen LogP contribution in [0, 0.1) is 11.8 Å². The number of hydrogen-bond acceptors (Lipinski definition) is 4. The standard InChI is InChI=1S/C17H32N2O3S.ClH/c1-13(2)16(23(21,22)15-8-4-3-5-9-15)17(20)19-12-14-7-6-10-18-11-14;/h13-16,18H,3-12H2,1-2H3,(H,19,20);1H. The predicted octanol–water partition coefficient (Wildman–Crippen LogP) is 2.30. The van der Waals surface area contributed by atoms with E-state index in [4.69, 9.17) is 0 Å². The summed E-state index contributed by atoms with van der Waals surface area (Å²) < 4.78 is 25.9. The number of piperidine rings is 1. The second kappa shape index (κ2) is 9.97. The lowest BCUT2D eigenvalue weighted by Crippen LogP contribution is -2.49. The molecule has 2 fully saturated rings. The van der Waals surface area contributed by atoms with Gasteiger partial charge in [0.2, 0.25) is 5.91 Å². The summed E-state index contributed by atoms with van der Waals surface area (Å²) >= 11 is 0. The minimum Gasteiger partial charge on any atom is -0.355 e. The molecule has 0 spiro atoms. The summed E-state index contributed by atoms with van der Waals surface area (Å²) in [6, 6.07) is 0. The van der Waals surface area contributed by atoms with Crippen LogP contribution >= 0.6 is 12.4 Å². The highest BCUT2D eigenvalue weighted by Gasteiger charge is 2.41. The molecule has 1 amide bonds. The Kier molecular flexibility index (Phi) is 9.02. The average molecular weight is 381 g/mol. The van der Waals surface area contributed by atoms with Gasteiger partial charge in [-0.3, -0.25) is 4.79 Å². The minimum absolute atomic E-state index is 0. The molecule has 5 nitrogen and oxygen atoms in total. The van der Waals surface area contributed by atoms with Gasteiger partial charge in [0.1, 0.15) is 5.25 Å². The average Bonchev–Trinajstić information content (AvgIpc) is 2.54. The highest BCUT2D eigenvalue weighted by molar-refractivity contribution is 7.93. The summed E-state index contributed by atoms with van der Waals surface area (Å²) in [5, 5.41) is 5.02. The van der Waals surface area contributed by atoms with Gasteiger partial charge in [-0.15, -0.1) is 12.4 Å². The summed E-state index contributed by atoms with van der Waals surface area (Å²) in [6.45, 7) is 6.20. The number of halogens is 1. The van der Waals surface area contributed by atoms with E-state index in [9.17, 15) is 13.2 Å². The van der Waals surface area contributed by atoms with Crippen LogP contribution in [-0.2, 0) is 14.6 Å². The molecule has 1 aliphatic heterocycles. The van der Waals surface area contributed by atoms with Crippen LogP contribution in [0.4, 0.5) is 0 Å². The van der Waals surface area contributed by atoms with E-state index in [1.54, 1.807) is 0 Å². The van der Waals surface area contributed by atoms with E-state index in [1.165, 1.54) is 0 Å². The molecule has 2 unspecified atom stereocenters. The first-order chi connectivity index (χ1) is 10.9. The van der Waals surface area contributed by atoms with Crippen LogP contribution in [0.2, 0.25) is 0 Å². The molecule has 2 atom stereocenters. The van der Waals surface area contributed by atoms with Gasteiger partial charge < -0.3 is 10.6 Å². The molecule has 0 aromatic carbocycles. The van der Waals surface area contributed by atoms with Crippen LogP contribution < -0.4 is 10.6 Å². The van der Waals surface area contributed by atoms with Crippen molar-refractivity contribution in [2.45, 2.75) is 69.3 Å². The molecule has 1 saturated heterocycles. The first kappa shape index (κ1) is 21.7. The van der Waals surface area contributed by atoms with Crippen molar-refractivity contribution in [1.29, 1.82) is 0 Å². The van der Waals surface area contributed by atoms with Crippen molar-refractivity contribution < 1.29 is 13.2 Å². The Labute approximate surface area is 153 Å². The zero-order valence-corrected chi connectivity index (χ0v) is 16.6. The van der Waals surface area contributed by atoms with E-state index < -0.39 is 15.1 Å². The SMILES string of the molecule is CC(C)C(C(=O)NCC1CCCNC1)S(=O)(=O)C1CCCCC1.Cl. The second-order valence-corrected chi connectivity index (χ2v) is 9.82. The Morgan fingerprint density at radius 3 is 2.33 bits per heavy atom. The number of rotatable bonds is 6. The van der Waals surface area contributed by atoms with Crippen molar-refractivity contribution in [2.75, 3.05) is 19.6 Å². The van der Waals surface area contributed by atoms with E-state index >= 15 is 0 Å². The van der Waals surface area contributed by atoms with E-state index in [0.29, 0.717) is 25.3 Å². The fourth-order valence-corrected chi connectivity index (χ4v) is 6.42. The van der Waals surface area contributed by atoms with Gasteiger partial charge in [-0.25, -0.2) is 8.42 Å². The number of nitrogens with one attached hydrogen (secondary N) is 2. The highest BCUT2D eigenvalue weighted by atomic mass is 35.5. The maximum atomic E-state index is 12.9. The van der Waals surface area contributed by atoms with Crippen LogP contribution in [0.3, 0.4) is 0 Å². The molecule has 1 saturated carbocycles. The molecule has 1 aliphatic carbocycles. The number of amides is 1. The molecule has 2 rings (SSSR count). The molecule has 24 heavy (non-hydrogen) atoms. The number of sulfone groups is 1. The molecule has 2 N–H and O–H groups in total. The van der Waals surface area contributed by atoms with E-state index in [2.05, 4.69) is 10.6 Å². The van der Waals surface area contributed by atoms with Gasteiger partial charge in [0, 0.05) is 6.54 Å². The normalized spacial score (nSPS) is 24.2. The largest absolute Gasteiger partial charge is 0.355 e. The summed E-state index contributed by atoms with van der Waals surface area (Å²) in [6.07, 6.45) is 6.67. The summed E-state index contributed by atoms with van der Waals surface area (Å²) in [5.41, 5.74) is 0. The fraction of sp³-hybridized carbons (Fsp3) is 0.941. The molecule has 0 radical (unpaired) electrons. The first-order valence-electron chi connectivity index (χ1n) is 9.14. The van der Waals surface area contributed by atoms with Crippen molar-refractivity contribution in [2.24, 2.45) is 11.8 Å². The number of carbonyl (C=O) groups excluding carboxylic acids is 1. The Morgan fingerprint density at radius 2 is 1.79 bits per heavy atom. The van der Waals surface area contributed by atoms with Crippen molar-refractivity contribution in [3.8, 4) is 0 Å². The summed E-state index contributed by atoms with van der Waals surface area (Å²) in [7, 11) is -3.40. The molecule has 0 bridgehead atoms. The van der Waals surface area contributed by atoms with Crippen molar-refractivity contribution >= 4 is 28.2 Å². The van der Waals surface area contributed by atoms with Crippen LogP contribution in [0.25, 0.3) is 0 Å². The smallest absolute Gasteiger partial charge is 0.238 e. The third-order valence-electron chi connectivity index (χ3n) is 5.20. The second-order valence-electron chi connectivity index (χ2n) is 7.47. The Bertz CT molecular complexity index is 484. The molecule has 142 valence electrons. The highest BCUT2D eigenvalue weighted by Crippen LogP contribution is 2.29. The zero-order valence-electron chi connectivity index (χ0n) is 14.9. The predicted molar refractivity (Wildman–Crippen MR) is 100 cm³/mol. The van der Waals surface area contributed by atoms with Crippen LogP contribution in [0.15, 0.2) is 0 Å². The molecule has 7 heteroatoms. The van der Waals surface area contributed by atoms with E-state index in [0.717, 1.165) is 45.2 Å².